The van der Waals surface area contributed by atoms with Crippen molar-refractivity contribution in [3.63, 3.8) is 0 Å². The fraction of sp³-hybridized carbons (Fsp3) is 0.471. The Morgan fingerprint density at radius 1 is 1.20 bits per heavy atom. The molecule has 136 valence electrons. The van der Waals surface area contributed by atoms with Crippen molar-refractivity contribution in [1.82, 2.24) is 10.2 Å². The minimum atomic E-state index is -0.0834. The van der Waals surface area contributed by atoms with E-state index in [2.05, 4.69) is 38.4 Å². The number of aryl methyl sites for hydroxylation is 2. The fourth-order valence-electron chi connectivity index (χ4n) is 2.25. The van der Waals surface area contributed by atoms with Gasteiger partial charge in [0.2, 0.25) is 11.0 Å². The van der Waals surface area contributed by atoms with Crippen molar-refractivity contribution in [2.75, 3.05) is 19.5 Å². The van der Waals surface area contributed by atoms with E-state index in [0.717, 1.165) is 34.3 Å². The summed E-state index contributed by atoms with van der Waals surface area (Å²) in [5.41, 5.74) is 0.980. The monoisotopic (exact) mass is 427 g/mol. The van der Waals surface area contributed by atoms with E-state index in [0.29, 0.717) is 29.5 Å². The average molecular weight is 428 g/mol. The van der Waals surface area contributed by atoms with E-state index < -0.39 is 0 Å². The predicted octanol–water partition coefficient (Wildman–Crippen LogP) is 4.23. The smallest absolute Gasteiger partial charge is 0.226 e. The molecule has 2 aromatic rings. The van der Waals surface area contributed by atoms with Gasteiger partial charge < -0.3 is 14.8 Å². The zero-order chi connectivity index (χ0) is 18.2. The molecule has 1 amide bonds. The number of anilines is 1. The van der Waals surface area contributed by atoms with Gasteiger partial charge >= 0.3 is 0 Å². The molecule has 0 spiro atoms. The van der Waals surface area contributed by atoms with Crippen LogP contribution in [0.1, 0.15) is 36.8 Å². The normalized spacial score (nSPS) is 10.6. The molecule has 0 aliphatic rings. The second-order valence-corrected chi connectivity index (χ2v) is 7.37. The number of amides is 1. The molecule has 2 rings (SSSR count). The largest absolute Gasteiger partial charge is 0.493 e. The molecular formula is C17H22BrN3O3S. The van der Waals surface area contributed by atoms with E-state index in [9.17, 15) is 4.79 Å². The van der Waals surface area contributed by atoms with Crippen LogP contribution in [0.5, 0.6) is 11.5 Å². The van der Waals surface area contributed by atoms with Gasteiger partial charge in [0, 0.05) is 17.3 Å². The Bertz CT molecular complexity index is 721. The molecule has 6 nitrogen and oxygen atoms in total. The van der Waals surface area contributed by atoms with Gasteiger partial charge in [-0.05, 0) is 30.5 Å². The Morgan fingerprint density at radius 3 is 2.60 bits per heavy atom. The van der Waals surface area contributed by atoms with Gasteiger partial charge in [-0.15, -0.1) is 10.2 Å². The maximum absolute atomic E-state index is 12.2. The third-order valence-corrected chi connectivity index (χ3v) is 5.27. The van der Waals surface area contributed by atoms with Gasteiger partial charge in [0.05, 0.1) is 14.2 Å². The van der Waals surface area contributed by atoms with E-state index >= 15 is 0 Å². The van der Waals surface area contributed by atoms with Gasteiger partial charge in [0.25, 0.3) is 0 Å². The lowest BCUT2D eigenvalue weighted by molar-refractivity contribution is -0.116. The molecule has 1 N–H and O–H groups in total. The second kappa shape index (κ2) is 9.72. The van der Waals surface area contributed by atoms with Crippen LogP contribution >= 0.6 is 27.3 Å². The van der Waals surface area contributed by atoms with Crippen LogP contribution in [0.25, 0.3) is 0 Å². The number of halogens is 1. The number of nitrogens with one attached hydrogen (secondary N) is 1. The summed E-state index contributed by atoms with van der Waals surface area (Å²) in [6, 6.07) is 3.72. The maximum atomic E-state index is 12.2. The highest BCUT2D eigenvalue weighted by Crippen LogP contribution is 2.33. The average Bonchev–Trinajstić information content (AvgIpc) is 3.05. The summed E-state index contributed by atoms with van der Waals surface area (Å²) in [5.74, 6) is 1.21. The molecule has 0 atom stereocenters. The van der Waals surface area contributed by atoms with Gasteiger partial charge in [-0.1, -0.05) is 40.6 Å². The first kappa shape index (κ1) is 19.7. The number of hydrogen-bond acceptors (Lipinski definition) is 6. The first-order valence-electron chi connectivity index (χ1n) is 8.10. The Morgan fingerprint density at radius 2 is 1.92 bits per heavy atom. The standard InChI is InChI=1S/C17H22BrN3O3S/c1-4-5-6-16-20-21-17(25-16)19-15(22)8-7-11-9-13(23-2)14(24-3)10-12(11)18/h9-10H,4-8H2,1-3H3,(H,19,21,22). The Labute approximate surface area is 160 Å². The number of ether oxygens (including phenoxy) is 2. The number of rotatable bonds is 9. The van der Waals surface area contributed by atoms with Crippen molar-refractivity contribution >= 4 is 38.3 Å². The number of carbonyl (C=O) groups excluding carboxylic acids is 1. The number of methoxy groups -OCH3 is 2. The van der Waals surface area contributed by atoms with Crippen molar-refractivity contribution in [3.8, 4) is 11.5 Å². The molecular weight excluding hydrogens is 406 g/mol. The number of carbonyl (C=O) groups is 1. The van der Waals surface area contributed by atoms with Gasteiger partial charge in [-0.25, -0.2) is 0 Å². The predicted molar refractivity (Wildman–Crippen MR) is 103 cm³/mol. The van der Waals surface area contributed by atoms with Crippen molar-refractivity contribution in [2.45, 2.75) is 39.0 Å². The van der Waals surface area contributed by atoms with Crippen LogP contribution in [0.15, 0.2) is 16.6 Å². The fourth-order valence-corrected chi connectivity index (χ4v) is 3.57. The highest BCUT2D eigenvalue weighted by atomic mass is 79.9. The summed E-state index contributed by atoms with van der Waals surface area (Å²) in [6.45, 7) is 2.13. The van der Waals surface area contributed by atoms with Crippen LogP contribution in [0.2, 0.25) is 0 Å². The van der Waals surface area contributed by atoms with Crippen molar-refractivity contribution in [1.29, 1.82) is 0 Å². The van der Waals surface area contributed by atoms with E-state index in [1.807, 2.05) is 12.1 Å². The maximum Gasteiger partial charge on any atom is 0.226 e. The molecule has 8 heteroatoms. The summed E-state index contributed by atoms with van der Waals surface area (Å²) < 4.78 is 11.4. The lowest BCUT2D eigenvalue weighted by Crippen LogP contribution is -2.12. The summed E-state index contributed by atoms with van der Waals surface area (Å²) >= 11 is 4.95. The number of hydrogen-bond donors (Lipinski definition) is 1. The second-order valence-electron chi connectivity index (χ2n) is 5.45. The highest BCUT2D eigenvalue weighted by Gasteiger charge is 2.12. The summed E-state index contributed by atoms with van der Waals surface area (Å²) in [5, 5.41) is 12.4. The number of aromatic nitrogens is 2. The number of unbranched alkanes of at least 4 members (excludes halogenated alkanes) is 1. The van der Waals surface area contributed by atoms with Crippen molar-refractivity contribution in [2.24, 2.45) is 0 Å². The van der Waals surface area contributed by atoms with E-state index in [1.54, 1.807) is 14.2 Å². The molecule has 0 unspecified atom stereocenters. The van der Waals surface area contributed by atoms with Crippen LogP contribution in [-0.4, -0.2) is 30.3 Å². The van der Waals surface area contributed by atoms with Gasteiger partial charge in [0.1, 0.15) is 5.01 Å². The molecule has 0 aliphatic heterocycles. The van der Waals surface area contributed by atoms with Crippen LogP contribution < -0.4 is 14.8 Å². The minimum absolute atomic E-state index is 0.0834. The Kier molecular flexibility index (Phi) is 7.64. The molecule has 1 aromatic heterocycles. The first-order chi connectivity index (χ1) is 12.1. The summed E-state index contributed by atoms with van der Waals surface area (Å²) in [7, 11) is 3.18. The molecule has 1 aromatic carbocycles. The van der Waals surface area contributed by atoms with Gasteiger partial charge in [-0.2, -0.15) is 0 Å². The van der Waals surface area contributed by atoms with Gasteiger partial charge in [-0.3, -0.25) is 4.79 Å². The lowest BCUT2D eigenvalue weighted by Gasteiger charge is -2.11. The zero-order valence-corrected chi connectivity index (χ0v) is 17.0. The van der Waals surface area contributed by atoms with Crippen LogP contribution in [0, 0.1) is 0 Å². The van der Waals surface area contributed by atoms with E-state index in [1.165, 1.54) is 11.3 Å². The first-order valence-corrected chi connectivity index (χ1v) is 9.71. The van der Waals surface area contributed by atoms with Crippen LogP contribution in [-0.2, 0) is 17.6 Å². The Hall–Kier alpha value is -1.67. The minimum Gasteiger partial charge on any atom is -0.493 e. The van der Waals surface area contributed by atoms with E-state index in [-0.39, 0.29) is 5.91 Å². The van der Waals surface area contributed by atoms with Crippen LogP contribution in [0.3, 0.4) is 0 Å². The van der Waals surface area contributed by atoms with E-state index in [4.69, 9.17) is 9.47 Å². The molecule has 0 bridgehead atoms. The lowest BCUT2D eigenvalue weighted by atomic mass is 10.1. The summed E-state index contributed by atoms with van der Waals surface area (Å²) in [6.07, 6.45) is 4.02. The summed E-state index contributed by atoms with van der Waals surface area (Å²) in [4.78, 5) is 12.2. The Balaban J connectivity index is 1.92. The quantitative estimate of drug-likeness (QED) is 0.647. The third-order valence-electron chi connectivity index (χ3n) is 3.63. The highest BCUT2D eigenvalue weighted by molar-refractivity contribution is 9.10. The SMILES string of the molecule is CCCCc1nnc(NC(=O)CCc2cc(OC)c(OC)cc2Br)s1. The molecule has 1 heterocycles. The molecule has 0 radical (unpaired) electrons. The number of nitrogens with zero attached hydrogens (tertiary/aromatic N) is 2. The molecule has 0 saturated carbocycles. The molecule has 0 saturated heterocycles. The number of benzene rings is 1. The van der Waals surface area contributed by atoms with Crippen molar-refractivity contribution in [3.05, 3.63) is 27.2 Å². The van der Waals surface area contributed by atoms with Crippen molar-refractivity contribution < 1.29 is 14.3 Å². The molecule has 0 fully saturated rings. The molecule has 0 aliphatic carbocycles. The van der Waals surface area contributed by atoms with Gasteiger partial charge in [0.15, 0.2) is 11.5 Å². The zero-order valence-electron chi connectivity index (χ0n) is 14.6. The third kappa shape index (κ3) is 5.67. The topological polar surface area (TPSA) is 73.3 Å². The van der Waals surface area contributed by atoms with Crippen LogP contribution in [0.4, 0.5) is 5.13 Å². The molecule has 25 heavy (non-hydrogen) atoms.